The highest BCUT2D eigenvalue weighted by Crippen LogP contribution is 2.32. The lowest BCUT2D eigenvalue weighted by molar-refractivity contribution is -0.117. The maximum atomic E-state index is 11.5. The molecule has 148 valence electrons. The molecular weight excluding hydrogens is 364 g/mol. The zero-order valence-corrected chi connectivity index (χ0v) is 16.4. The standard InChI is InChI=1S/C21H28N2O3.ClH/c1-2-18(24)19-20(26-17-10-8-16(22)9-11-17)21(25,12-13-23-19)14-15-6-4-3-5-7-15;/h3-11,18-20,23-25H,2,12-14,22H2,1H3;1H. The lowest BCUT2D eigenvalue weighted by Crippen LogP contribution is -2.66. The quantitative estimate of drug-likeness (QED) is 0.567. The Hall–Kier alpha value is -1.79. The van der Waals surface area contributed by atoms with Gasteiger partial charge in [0, 0.05) is 12.1 Å². The van der Waals surface area contributed by atoms with Crippen LogP contribution in [0.3, 0.4) is 0 Å². The van der Waals surface area contributed by atoms with E-state index in [4.69, 9.17) is 10.5 Å². The summed E-state index contributed by atoms with van der Waals surface area (Å²) in [5.74, 6) is 0.632. The van der Waals surface area contributed by atoms with Gasteiger partial charge < -0.3 is 26.0 Å². The number of halogens is 1. The van der Waals surface area contributed by atoms with Crippen molar-refractivity contribution in [2.45, 2.75) is 50.0 Å². The molecule has 1 heterocycles. The normalized spacial score (nSPS) is 26.0. The van der Waals surface area contributed by atoms with E-state index in [0.29, 0.717) is 37.2 Å². The fraction of sp³-hybridized carbons (Fsp3) is 0.429. The van der Waals surface area contributed by atoms with Crippen LogP contribution in [0.5, 0.6) is 5.75 Å². The predicted molar refractivity (Wildman–Crippen MR) is 110 cm³/mol. The zero-order valence-electron chi connectivity index (χ0n) is 15.5. The summed E-state index contributed by atoms with van der Waals surface area (Å²) < 4.78 is 6.21. The third-order valence-electron chi connectivity index (χ3n) is 5.12. The minimum atomic E-state index is -1.07. The van der Waals surface area contributed by atoms with Crippen LogP contribution in [0.15, 0.2) is 54.6 Å². The van der Waals surface area contributed by atoms with Crippen LogP contribution >= 0.6 is 12.4 Å². The van der Waals surface area contributed by atoms with E-state index in [-0.39, 0.29) is 18.4 Å². The van der Waals surface area contributed by atoms with Crippen LogP contribution in [0, 0.1) is 0 Å². The Morgan fingerprint density at radius 2 is 1.85 bits per heavy atom. The Kier molecular flexibility index (Phi) is 7.50. The van der Waals surface area contributed by atoms with Gasteiger partial charge in [-0.3, -0.25) is 0 Å². The SMILES string of the molecule is CCC(O)C1NCCC(O)(Cc2ccccc2)C1Oc1ccc(N)cc1.Cl. The lowest BCUT2D eigenvalue weighted by Gasteiger charge is -2.46. The van der Waals surface area contributed by atoms with Gasteiger partial charge in [0.1, 0.15) is 17.5 Å². The summed E-state index contributed by atoms with van der Waals surface area (Å²) in [7, 11) is 0. The second-order valence-electron chi connectivity index (χ2n) is 7.08. The molecule has 1 saturated heterocycles. The molecule has 0 aliphatic carbocycles. The molecule has 1 aliphatic heterocycles. The van der Waals surface area contributed by atoms with E-state index in [2.05, 4.69) is 5.32 Å². The highest BCUT2D eigenvalue weighted by molar-refractivity contribution is 5.85. The van der Waals surface area contributed by atoms with Crippen LogP contribution in [-0.4, -0.2) is 40.6 Å². The molecule has 27 heavy (non-hydrogen) atoms. The molecule has 5 nitrogen and oxygen atoms in total. The molecule has 5 N–H and O–H groups in total. The van der Waals surface area contributed by atoms with E-state index in [9.17, 15) is 10.2 Å². The first-order chi connectivity index (χ1) is 12.5. The average Bonchev–Trinajstić information content (AvgIpc) is 2.65. The number of anilines is 1. The van der Waals surface area contributed by atoms with Gasteiger partial charge in [0.05, 0.1) is 12.1 Å². The van der Waals surface area contributed by atoms with Gasteiger partial charge in [-0.1, -0.05) is 37.3 Å². The van der Waals surface area contributed by atoms with Crippen LogP contribution in [0.2, 0.25) is 0 Å². The number of nitrogen functional groups attached to an aromatic ring is 1. The maximum Gasteiger partial charge on any atom is 0.145 e. The molecule has 0 amide bonds. The van der Waals surface area contributed by atoms with Crippen LogP contribution < -0.4 is 15.8 Å². The fourth-order valence-electron chi connectivity index (χ4n) is 3.64. The van der Waals surface area contributed by atoms with Gasteiger partial charge in [0.2, 0.25) is 0 Å². The molecule has 2 aromatic rings. The van der Waals surface area contributed by atoms with Crippen LogP contribution in [-0.2, 0) is 6.42 Å². The largest absolute Gasteiger partial charge is 0.486 e. The Labute approximate surface area is 167 Å². The van der Waals surface area contributed by atoms with Gasteiger partial charge >= 0.3 is 0 Å². The predicted octanol–water partition coefficient (Wildman–Crippen LogP) is 2.54. The fourth-order valence-corrected chi connectivity index (χ4v) is 3.64. The first kappa shape index (κ1) is 21.5. The minimum Gasteiger partial charge on any atom is -0.486 e. The van der Waals surface area contributed by atoms with Crippen molar-refractivity contribution in [2.24, 2.45) is 0 Å². The third kappa shape index (κ3) is 5.14. The Balaban J connectivity index is 0.00000261. The number of ether oxygens (including phenoxy) is 1. The van der Waals surface area contributed by atoms with Gasteiger partial charge in [-0.25, -0.2) is 0 Å². The Morgan fingerprint density at radius 3 is 2.48 bits per heavy atom. The molecule has 3 rings (SSSR count). The average molecular weight is 393 g/mol. The molecule has 0 aromatic heterocycles. The summed E-state index contributed by atoms with van der Waals surface area (Å²) >= 11 is 0. The van der Waals surface area contributed by atoms with Crippen molar-refractivity contribution in [3.8, 4) is 5.75 Å². The van der Waals surface area contributed by atoms with E-state index >= 15 is 0 Å². The Bertz CT molecular complexity index is 698. The van der Waals surface area contributed by atoms with Crippen LogP contribution in [0.1, 0.15) is 25.3 Å². The smallest absolute Gasteiger partial charge is 0.145 e. The first-order valence-corrected chi connectivity index (χ1v) is 9.22. The van der Waals surface area contributed by atoms with Gasteiger partial charge in [-0.05, 0) is 49.2 Å². The van der Waals surface area contributed by atoms with Crippen molar-refractivity contribution >= 4 is 18.1 Å². The number of nitrogens with one attached hydrogen (secondary N) is 1. The molecule has 0 saturated carbocycles. The summed E-state index contributed by atoms with van der Waals surface area (Å²) in [4.78, 5) is 0. The van der Waals surface area contributed by atoms with Crippen molar-refractivity contribution in [1.29, 1.82) is 0 Å². The maximum absolute atomic E-state index is 11.5. The number of rotatable bonds is 6. The molecule has 0 bridgehead atoms. The number of piperidine rings is 1. The summed E-state index contributed by atoms with van der Waals surface area (Å²) in [5.41, 5.74) is 6.39. The lowest BCUT2D eigenvalue weighted by atomic mass is 9.78. The molecule has 1 aliphatic rings. The van der Waals surface area contributed by atoms with Crippen LogP contribution in [0.25, 0.3) is 0 Å². The van der Waals surface area contributed by atoms with Crippen LogP contribution in [0.4, 0.5) is 5.69 Å². The molecule has 4 atom stereocenters. The van der Waals surface area contributed by atoms with E-state index in [1.807, 2.05) is 37.3 Å². The van der Waals surface area contributed by atoms with Crippen molar-refractivity contribution < 1.29 is 14.9 Å². The van der Waals surface area contributed by atoms with Crippen molar-refractivity contribution in [3.05, 3.63) is 60.2 Å². The van der Waals surface area contributed by atoms with Gasteiger partial charge in [-0.2, -0.15) is 0 Å². The van der Waals surface area contributed by atoms with E-state index < -0.39 is 17.8 Å². The summed E-state index contributed by atoms with van der Waals surface area (Å²) in [6, 6.07) is 16.7. The Morgan fingerprint density at radius 1 is 1.19 bits per heavy atom. The molecule has 0 radical (unpaired) electrons. The number of benzene rings is 2. The number of hydrogen-bond acceptors (Lipinski definition) is 5. The molecule has 2 aromatic carbocycles. The van der Waals surface area contributed by atoms with E-state index in [0.717, 1.165) is 5.56 Å². The van der Waals surface area contributed by atoms with Gasteiger partial charge in [0.25, 0.3) is 0 Å². The summed E-state index contributed by atoms with van der Waals surface area (Å²) in [6.45, 7) is 2.56. The topological polar surface area (TPSA) is 87.7 Å². The molecule has 1 fully saturated rings. The second-order valence-corrected chi connectivity index (χ2v) is 7.08. The molecular formula is C21H29ClN2O3. The zero-order chi connectivity index (χ0) is 18.6. The molecule has 6 heteroatoms. The summed E-state index contributed by atoms with van der Waals surface area (Å²) in [6.07, 6.45) is 0.434. The van der Waals surface area contributed by atoms with Crippen molar-refractivity contribution in [2.75, 3.05) is 12.3 Å². The van der Waals surface area contributed by atoms with Crippen molar-refractivity contribution in [3.63, 3.8) is 0 Å². The molecule has 0 spiro atoms. The molecule has 4 unspecified atom stereocenters. The van der Waals surface area contributed by atoms with Gasteiger partial charge in [-0.15, -0.1) is 12.4 Å². The number of aliphatic hydroxyl groups is 2. The van der Waals surface area contributed by atoms with Gasteiger partial charge in [0.15, 0.2) is 0 Å². The van der Waals surface area contributed by atoms with E-state index in [1.54, 1.807) is 24.3 Å². The number of hydrogen-bond donors (Lipinski definition) is 4. The monoisotopic (exact) mass is 392 g/mol. The first-order valence-electron chi connectivity index (χ1n) is 9.22. The third-order valence-corrected chi connectivity index (χ3v) is 5.12. The highest BCUT2D eigenvalue weighted by Gasteiger charge is 2.48. The van der Waals surface area contributed by atoms with E-state index in [1.165, 1.54) is 0 Å². The minimum absolute atomic E-state index is 0. The van der Waals surface area contributed by atoms with Crippen molar-refractivity contribution in [1.82, 2.24) is 5.32 Å². The summed E-state index contributed by atoms with van der Waals surface area (Å²) in [5, 5.41) is 25.3. The number of nitrogens with two attached hydrogens (primary N) is 1. The second kappa shape index (κ2) is 9.42. The highest BCUT2D eigenvalue weighted by atomic mass is 35.5. The number of aliphatic hydroxyl groups excluding tert-OH is 1.